The van der Waals surface area contributed by atoms with Crippen LogP contribution in [0.1, 0.15) is 55.7 Å². The van der Waals surface area contributed by atoms with Gasteiger partial charge in [0.05, 0.1) is 32.2 Å². The highest BCUT2D eigenvalue weighted by molar-refractivity contribution is 6.10. The quantitative estimate of drug-likeness (QED) is 0.0993. The zero-order chi connectivity index (χ0) is 48.5. The Labute approximate surface area is 409 Å². The predicted octanol–water partition coefficient (Wildman–Crippen LogP) is 5.89. The van der Waals surface area contributed by atoms with Crippen LogP contribution in [0.15, 0.2) is 146 Å². The van der Waals surface area contributed by atoms with E-state index in [1.54, 1.807) is 39.8 Å². The van der Waals surface area contributed by atoms with Gasteiger partial charge in [-0.15, -0.1) is 0 Å². The third-order valence-corrected chi connectivity index (χ3v) is 15.3. The number of carbonyl (C=O) groups excluding carboxylic acids is 4. The van der Waals surface area contributed by atoms with Crippen LogP contribution in [0.4, 0.5) is 28.4 Å². The lowest BCUT2D eigenvalue weighted by Crippen LogP contribution is -2.55. The first-order chi connectivity index (χ1) is 34.1. The molecule has 5 aromatic carbocycles. The molecule has 4 N–H and O–H groups in total. The number of fused-ring (bicyclic) bond motifs is 1. The van der Waals surface area contributed by atoms with Gasteiger partial charge in [0.25, 0.3) is 17.7 Å². The summed E-state index contributed by atoms with van der Waals surface area (Å²) in [6, 6.07) is 42.9. The van der Waals surface area contributed by atoms with Gasteiger partial charge in [0.1, 0.15) is 11.1 Å². The third kappa shape index (κ3) is 8.31. The molecule has 4 fully saturated rings. The summed E-state index contributed by atoms with van der Waals surface area (Å²) in [6.45, 7) is 5.72. The van der Waals surface area contributed by atoms with Crippen molar-refractivity contribution in [3.05, 3.63) is 162 Å². The summed E-state index contributed by atoms with van der Waals surface area (Å²) in [5, 5.41) is 29.7. The van der Waals surface area contributed by atoms with Crippen molar-refractivity contribution in [2.24, 2.45) is 5.92 Å². The molecule has 362 valence electrons. The molecule has 2 atom stereocenters. The number of hydrogen-bond acceptors (Lipinski definition) is 10. The normalized spacial score (nSPS) is 21.1. The molecule has 5 aliphatic rings. The van der Waals surface area contributed by atoms with E-state index < -0.39 is 28.5 Å². The van der Waals surface area contributed by atoms with Crippen molar-refractivity contribution in [2.75, 3.05) is 77.2 Å². The van der Waals surface area contributed by atoms with E-state index in [0.717, 1.165) is 41.3 Å². The molecule has 5 aromatic rings. The summed E-state index contributed by atoms with van der Waals surface area (Å²) in [7, 11) is 0. The van der Waals surface area contributed by atoms with Crippen molar-refractivity contribution in [1.29, 1.82) is 0 Å². The molecule has 0 bridgehead atoms. The maximum absolute atomic E-state index is 15.2. The highest BCUT2D eigenvalue weighted by Crippen LogP contribution is 2.49. The van der Waals surface area contributed by atoms with Crippen LogP contribution < -0.4 is 35.1 Å². The fraction of sp³-hybridized carbons (Fsp3) is 0.357. The van der Waals surface area contributed by atoms with E-state index in [1.807, 2.05) is 120 Å². The molecule has 0 aromatic heterocycles. The zero-order valence-electron chi connectivity index (χ0n) is 39.8. The molecule has 14 nitrogen and oxygen atoms in total. The van der Waals surface area contributed by atoms with Gasteiger partial charge in [-0.05, 0) is 118 Å². The van der Waals surface area contributed by atoms with E-state index in [1.165, 1.54) is 0 Å². The Morgan fingerprint density at radius 1 is 0.657 bits per heavy atom. The van der Waals surface area contributed by atoms with Crippen molar-refractivity contribution < 1.29 is 29.4 Å². The number of aliphatic hydroxyl groups is 2. The van der Waals surface area contributed by atoms with Gasteiger partial charge in [-0.3, -0.25) is 29.0 Å². The van der Waals surface area contributed by atoms with Crippen molar-refractivity contribution in [3.63, 3.8) is 0 Å². The molecule has 0 radical (unpaired) electrons. The van der Waals surface area contributed by atoms with E-state index >= 15 is 4.79 Å². The van der Waals surface area contributed by atoms with E-state index in [0.29, 0.717) is 75.6 Å². The number of anilines is 5. The first-order valence-corrected chi connectivity index (χ1v) is 24.7. The Balaban J connectivity index is 0.971. The standard InChI is InChI=1S/C56H62N8O6/c1-41(13-11-22-50(66)59(33-34-65)37-42-14-5-2-6-15-42)56(70)48-36-47(62-40-64(45-19-9-4-10-20-45)55(52(62)68)27-31-58-32-28-55)23-24-49(48)60(53(56)69)38-43-16-12-21-46(35-43)61-39-63(44-17-7-3-8-18-44)54(51(61)67)25-29-57-30-26-54/h2-21,23-24,35-36,41,57-58,65,70H,22,25-34,37-40H2,1H3/b13-11+/t41-,56+/m0/s1. The largest absolute Gasteiger partial charge is 0.395 e. The maximum atomic E-state index is 15.2. The molecule has 5 heterocycles. The Hall–Kier alpha value is -6.84. The van der Waals surface area contributed by atoms with Gasteiger partial charge in [0.15, 0.2) is 5.60 Å². The molecule has 0 unspecified atom stereocenters. The Kier molecular flexibility index (Phi) is 13.1. The third-order valence-electron chi connectivity index (χ3n) is 15.3. The fourth-order valence-electron chi connectivity index (χ4n) is 11.5. The van der Waals surface area contributed by atoms with Gasteiger partial charge in [-0.2, -0.15) is 0 Å². The second-order valence-corrected chi connectivity index (χ2v) is 19.3. The van der Waals surface area contributed by atoms with Crippen LogP contribution in [-0.2, 0) is 37.9 Å². The summed E-state index contributed by atoms with van der Waals surface area (Å²) in [5.74, 6) is -1.52. The van der Waals surface area contributed by atoms with Crippen molar-refractivity contribution in [1.82, 2.24) is 15.5 Å². The fourth-order valence-corrected chi connectivity index (χ4v) is 11.5. The maximum Gasteiger partial charge on any atom is 0.264 e. The molecule has 10 rings (SSSR count). The van der Waals surface area contributed by atoms with Gasteiger partial charge in [-0.1, -0.05) is 97.9 Å². The molecule has 14 heteroatoms. The minimum Gasteiger partial charge on any atom is -0.395 e. The topological polar surface area (TPSA) is 152 Å². The van der Waals surface area contributed by atoms with Crippen LogP contribution in [0.25, 0.3) is 0 Å². The van der Waals surface area contributed by atoms with E-state index in [-0.39, 0.29) is 43.8 Å². The van der Waals surface area contributed by atoms with Gasteiger partial charge >= 0.3 is 0 Å². The smallest absolute Gasteiger partial charge is 0.264 e. The monoisotopic (exact) mass is 942 g/mol. The van der Waals surface area contributed by atoms with Crippen molar-refractivity contribution in [2.45, 2.75) is 68.8 Å². The number of rotatable bonds is 14. The molecular formula is C56H62N8O6. The molecule has 2 spiro atoms. The van der Waals surface area contributed by atoms with E-state index in [4.69, 9.17) is 0 Å². The zero-order valence-corrected chi connectivity index (χ0v) is 39.8. The number of nitrogens with one attached hydrogen (secondary N) is 2. The van der Waals surface area contributed by atoms with Crippen LogP contribution >= 0.6 is 0 Å². The highest BCUT2D eigenvalue weighted by atomic mass is 16.3. The Morgan fingerprint density at radius 2 is 1.17 bits per heavy atom. The molecule has 0 aliphatic carbocycles. The molecule has 70 heavy (non-hydrogen) atoms. The lowest BCUT2D eigenvalue weighted by molar-refractivity contribution is -0.139. The minimum absolute atomic E-state index is 0.00585. The number of para-hydroxylation sites is 2. The lowest BCUT2D eigenvalue weighted by atomic mass is 9.82. The van der Waals surface area contributed by atoms with Gasteiger partial charge < -0.3 is 40.4 Å². The molecule has 0 saturated carbocycles. The van der Waals surface area contributed by atoms with E-state index in [9.17, 15) is 24.6 Å². The van der Waals surface area contributed by atoms with Crippen molar-refractivity contribution in [3.8, 4) is 0 Å². The number of aliphatic hydroxyl groups excluding tert-OH is 1. The average Bonchev–Trinajstić information content (AvgIpc) is 3.92. The molecular weight excluding hydrogens is 881 g/mol. The second-order valence-electron chi connectivity index (χ2n) is 19.3. The Morgan fingerprint density at radius 3 is 1.73 bits per heavy atom. The first kappa shape index (κ1) is 46.9. The molecule has 5 aliphatic heterocycles. The van der Waals surface area contributed by atoms with Crippen LogP contribution in [0, 0.1) is 5.92 Å². The number of nitrogens with zero attached hydrogens (tertiary/aromatic N) is 6. The van der Waals surface area contributed by atoms with Crippen LogP contribution in [0.3, 0.4) is 0 Å². The van der Waals surface area contributed by atoms with Crippen molar-refractivity contribution >= 4 is 52.1 Å². The molecule has 4 saturated heterocycles. The predicted molar refractivity (Wildman–Crippen MR) is 272 cm³/mol. The minimum atomic E-state index is -2.08. The summed E-state index contributed by atoms with van der Waals surface area (Å²) in [5.41, 5.74) is 2.31. The average molecular weight is 943 g/mol. The summed E-state index contributed by atoms with van der Waals surface area (Å²) in [6.07, 6.45) is 6.01. The summed E-state index contributed by atoms with van der Waals surface area (Å²) < 4.78 is 0. The second kappa shape index (κ2) is 19.5. The van der Waals surface area contributed by atoms with Gasteiger partial charge in [-0.25, -0.2) is 0 Å². The first-order valence-electron chi connectivity index (χ1n) is 24.7. The number of piperidine rings is 2. The highest BCUT2D eigenvalue weighted by Gasteiger charge is 2.56. The van der Waals surface area contributed by atoms with E-state index in [2.05, 4.69) is 32.6 Å². The number of carbonyl (C=O) groups is 4. The van der Waals surface area contributed by atoms with Gasteiger partial charge in [0, 0.05) is 53.7 Å². The van der Waals surface area contributed by atoms with Gasteiger partial charge in [0.2, 0.25) is 5.91 Å². The van der Waals surface area contributed by atoms with Crippen LogP contribution in [0.2, 0.25) is 0 Å². The molecule has 4 amide bonds. The summed E-state index contributed by atoms with van der Waals surface area (Å²) >= 11 is 0. The Bertz CT molecular complexity index is 2740. The number of benzene rings is 5. The SMILES string of the molecule is C[C@@H](/C=C/CC(=O)N(CCO)Cc1ccccc1)[C@]1(O)C(=O)N(Cc2cccc(N3CN(c4ccccc4)C4(CCNCC4)C3=O)c2)c2ccc(N3CN(c4ccccc4)C4(CCNCC4)C3=O)cc21. The number of amides is 4. The number of hydrogen-bond donors (Lipinski definition) is 4. The lowest BCUT2D eigenvalue weighted by Gasteiger charge is -2.39. The summed E-state index contributed by atoms with van der Waals surface area (Å²) in [4.78, 5) is 69.5. The van der Waals surface area contributed by atoms with Crippen LogP contribution in [-0.4, -0.2) is 102 Å². The van der Waals surface area contributed by atoms with Crippen LogP contribution in [0.5, 0.6) is 0 Å².